The van der Waals surface area contributed by atoms with E-state index in [0.717, 1.165) is 65.3 Å². The summed E-state index contributed by atoms with van der Waals surface area (Å²) in [5.74, 6) is 0. The molecule has 0 amide bonds. The van der Waals surface area contributed by atoms with Gasteiger partial charge in [-0.1, -0.05) is 54.6 Å². The molecule has 0 bridgehead atoms. The van der Waals surface area contributed by atoms with E-state index in [-0.39, 0.29) is 6.10 Å². The molecule has 2 aromatic rings. The SMILES string of the molecule is OC(CN1CCN(Cc2ccccc2)CC1)CN1CCc2ccccc2C1. The van der Waals surface area contributed by atoms with Crippen LogP contribution in [0.25, 0.3) is 0 Å². The highest BCUT2D eigenvalue weighted by Gasteiger charge is 2.22. The zero-order valence-corrected chi connectivity index (χ0v) is 16.1. The van der Waals surface area contributed by atoms with Gasteiger partial charge in [0.1, 0.15) is 0 Å². The molecule has 0 saturated carbocycles. The number of fused-ring (bicyclic) bond motifs is 1. The highest BCUT2D eigenvalue weighted by Crippen LogP contribution is 2.18. The van der Waals surface area contributed by atoms with Gasteiger partial charge in [-0.3, -0.25) is 14.7 Å². The van der Waals surface area contributed by atoms with E-state index >= 15 is 0 Å². The van der Waals surface area contributed by atoms with Gasteiger partial charge in [0.25, 0.3) is 0 Å². The fourth-order valence-electron chi connectivity index (χ4n) is 4.34. The molecule has 2 aromatic carbocycles. The van der Waals surface area contributed by atoms with Gasteiger partial charge in [0.05, 0.1) is 6.10 Å². The fourth-order valence-corrected chi connectivity index (χ4v) is 4.34. The summed E-state index contributed by atoms with van der Waals surface area (Å²) in [5.41, 5.74) is 4.28. The smallest absolute Gasteiger partial charge is 0.0793 e. The molecule has 2 heterocycles. The maximum absolute atomic E-state index is 10.6. The second kappa shape index (κ2) is 8.98. The molecule has 27 heavy (non-hydrogen) atoms. The van der Waals surface area contributed by atoms with Crippen LogP contribution in [0.15, 0.2) is 54.6 Å². The van der Waals surface area contributed by atoms with Gasteiger partial charge in [-0.2, -0.15) is 0 Å². The van der Waals surface area contributed by atoms with E-state index in [1.807, 2.05) is 0 Å². The van der Waals surface area contributed by atoms with Crippen LogP contribution in [0.5, 0.6) is 0 Å². The molecule has 1 fully saturated rings. The van der Waals surface area contributed by atoms with Gasteiger partial charge in [-0.25, -0.2) is 0 Å². The minimum atomic E-state index is -0.268. The number of rotatable bonds is 6. The molecule has 144 valence electrons. The van der Waals surface area contributed by atoms with Gasteiger partial charge in [0.2, 0.25) is 0 Å². The van der Waals surface area contributed by atoms with Crippen molar-refractivity contribution in [2.45, 2.75) is 25.6 Å². The molecule has 2 aliphatic rings. The zero-order valence-electron chi connectivity index (χ0n) is 16.1. The molecule has 1 saturated heterocycles. The van der Waals surface area contributed by atoms with Crippen molar-refractivity contribution in [1.29, 1.82) is 0 Å². The summed E-state index contributed by atoms with van der Waals surface area (Å²) in [6.45, 7) is 8.88. The third-order valence-corrected chi connectivity index (χ3v) is 5.86. The average molecular weight is 366 g/mol. The van der Waals surface area contributed by atoms with Crippen LogP contribution in [0.3, 0.4) is 0 Å². The standard InChI is InChI=1S/C23H31N3O/c27-23(19-26-11-10-21-8-4-5-9-22(21)17-26)18-25-14-12-24(13-15-25)16-20-6-2-1-3-7-20/h1-9,23,27H,10-19H2. The molecule has 1 N–H and O–H groups in total. The van der Waals surface area contributed by atoms with E-state index in [0.29, 0.717) is 0 Å². The van der Waals surface area contributed by atoms with Gasteiger partial charge in [-0.15, -0.1) is 0 Å². The lowest BCUT2D eigenvalue weighted by Crippen LogP contribution is -2.49. The van der Waals surface area contributed by atoms with E-state index < -0.39 is 0 Å². The Morgan fingerprint density at radius 1 is 0.704 bits per heavy atom. The number of piperazine rings is 1. The number of benzene rings is 2. The van der Waals surface area contributed by atoms with Crippen LogP contribution in [0.4, 0.5) is 0 Å². The Morgan fingerprint density at radius 2 is 1.33 bits per heavy atom. The first-order valence-electron chi connectivity index (χ1n) is 10.2. The molecule has 0 aromatic heterocycles. The molecule has 4 heteroatoms. The van der Waals surface area contributed by atoms with Crippen molar-refractivity contribution in [1.82, 2.24) is 14.7 Å². The molecule has 2 aliphatic heterocycles. The summed E-state index contributed by atoms with van der Waals surface area (Å²) >= 11 is 0. The highest BCUT2D eigenvalue weighted by molar-refractivity contribution is 5.29. The number of hydrogen-bond acceptors (Lipinski definition) is 4. The van der Waals surface area contributed by atoms with Crippen LogP contribution in [0, 0.1) is 0 Å². The molecular weight excluding hydrogens is 334 g/mol. The van der Waals surface area contributed by atoms with Gasteiger partial charge < -0.3 is 5.11 Å². The molecule has 0 aliphatic carbocycles. The number of β-amino-alcohol motifs (C(OH)–C–C–N with tert-alkyl or cyclic N) is 1. The summed E-state index contributed by atoms with van der Waals surface area (Å²) in [6.07, 6.45) is 0.831. The molecule has 1 unspecified atom stereocenters. The molecule has 1 atom stereocenters. The van der Waals surface area contributed by atoms with Gasteiger partial charge >= 0.3 is 0 Å². The minimum Gasteiger partial charge on any atom is -0.390 e. The first-order valence-corrected chi connectivity index (χ1v) is 10.2. The molecule has 0 spiro atoms. The Hall–Kier alpha value is -1.72. The Morgan fingerprint density at radius 3 is 2.11 bits per heavy atom. The molecular formula is C23H31N3O. The summed E-state index contributed by atoms with van der Waals surface area (Å²) in [4.78, 5) is 7.34. The van der Waals surface area contributed by atoms with Gasteiger partial charge in [-0.05, 0) is 23.1 Å². The van der Waals surface area contributed by atoms with Crippen molar-refractivity contribution in [3.8, 4) is 0 Å². The number of aliphatic hydroxyl groups excluding tert-OH is 1. The summed E-state index contributed by atoms with van der Waals surface area (Å²) in [5, 5.41) is 10.6. The van der Waals surface area contributed by atoms with Crippen molar-refractivity contribution < 1.29 is 5.11 Å². The molecule has 4 nitrogen and oxygen atoms in total. The summed E-state index contributed by atoms with van der Waals surface area (Å²) in [7, 11) is 0. The largest absolute Gasteiger partial charge is 0.390 e. The van der Waals surface area contributed by atoms with E-state index in [2.05, 4.69) is 69.3 Å². The monoisotopic (exact) mass is 365 g/mol. The van der Waals surface area contributed by atoms with Crippen molar-refractivity contribution in [3.05, 3.63) is 71.3 Å². The molecule has 0 radical (unpaired) electrons. The van der Waals surface area contributed by atoms with Crippen LogP contribution in [-0.4, -0.2) is 71.7 Å². The van der Waals surface area contributed by atoms with Gasteiger partial charge in [0, 0.05) is 58.9 Å². The number of hydrogen-bond donors (Lipinski definition) is 1. The van der Waals surface area contributed by atoms with Crippen molar-refractivity contribution in [3.63, 3.8) is 0 Å². The topological polar surface area (TPSA) is 30.0 Å². The van der Waals surface area contributed by atoms with E-state index in [1.165, 1.54) is 16.7 Å². The lowest BCUT2D eigenvalue weighted by molar-refractivity contribution is 0.0461. The van der Waals surface area contributed by atoms with Gasteiger partial charge in [0.15, 0.2) is 0 Å². The molecule has 4 rings (SSSR count). The maximum Gasteiger partial charge on any atom is 0.0793 e. The quantitative estimate of drug-likeness (QED) is 0.850. The fraction of sp³-hybridized carbons (Fsp3) is 0.478. The van der Waals surface area contributed by atoms with E-state index in [9.17, 15) is 5.11 Å². The van der Waals surface area contributed by atoms with Crippen LogP contribution < -0.4 is 0 Å². The lowest BCUT2D eigenvalue weighted by Gasteiger charge is -2.37. The summed E-state index contributed by atoms with van der Waals surface area (Å²) < 4.78 is 0. The predicted octanol–water partition coefficient (Wildman–Crippen LogP) is 2.22. The van der Waals surface area contributed by atoms with E-state index in [1.54, 1.807) is 0 Å². The van der Waals surface area contributed by atoms with Crippen LogP contribution >= 0.6 is 0 Å². The average Bonchev–Trinajstić information content (AvgIpc) is 2.70. The van der Waals surface area contributed by atoms with E-state index in [4.69, 9.17) is 0 Å². The third-order valence-electron chi connectivity index (χ3n) is 5.86. The van der Waals surface area contributed by atoms with Crippen LogP contribution in [0.2, 0.25) is 0 Å². The maximum atomic E-state index is 10.6. The Labute approximate surface area is 163 Å². The van der Waals surface area contributed by atoms with Crippen LogP contribution in [-0.2, 0) is 19.5 Å². The zero-order chi connectivity index (χ0) is 18.5. The predicted molar refractivity (Wildman–Crippen MR) is 110 cm³/mol. The Bertz CT molecular complexity index is 713. The Balaban J connectivity index is 1.19. The highest BCUT2D eigenvalue weighted by atomic mass is 16.3. The minimum absolute atomic E-state index is 0.268. The second-order valence-electron chi connectivity index (χ2n) is 7.97. The Kier molecular flexibility index (Phi) is 6.20. The second-order valence-corrected chi connectivity index (χ2v) is 7.97. The third kappa shape index (κ3) is 5.17. The van der Waals surface area contributed by atoms with Crippen molar-refractivity contribution >= 4 is 0 Å². The van der Waals surface area contributed by atoms with Crippen LogP contribution in [0.1, 0.15) is 16.7 Å². The normalized spacial score (nSPS) is 20.3. The van der Waals surface area contributed by atoms with Crippen molar-refractivity contribution in [2.24, 2.45) is 0 Å². The number of nitrogens with zero attached hydrogens (tertiary/aromatic N) is 3. The number of aliphatic hydroxyl groups is 1. The first kappa shape index (κ1) is 18.6. The first-order chi connectivity index (χ1) is 13.3. The summed E-state index contributed by atoms with van der Waals surface area (Å²) in [6, 6.07) is 19.4. The van der Waals surface area contributed by atoms with Crippen molar-refractivity contribution in [2.75, 3.05) is 45.8 Å². The lowest BCUT2D eigenvalue weighted by atomic mass is 10.00.